The van der Waals surface area contributed by atoms with E-state index >= 15 is 0 Å². The van der Waals surface area contributed by atoms with Gasteiger partial charge in [-0.2, -0.15) is 0 Å². The van der Waals surface area contributed by atoms with Gasteiger partial charge in [0.1, 0.15) is 11.7 Å². The highest BCUT2D eigenvalue weighted by atomic mass is 16.2. The molecule has 2 aliphatic carbocycles. The van der Waals surface area contributed by atoms with Crippen LogP contribution in [0.25, 0.3) is 0 Å². The highest BCUT2D eigenvalue weighted by molar-refractivity contribution is 6.10. The van der Waals surface area contributed by atoms with Gasteiger partial charge in [0.05, 0.1) is 0 Å². The van der Waals surface area contributed by atoms with Crippen LogP contribution in [0.4, 0.5) is 0 Å². The summed E-state index contributed by atoms with van der Waals surface area (Å²) in [5.74, 6) is 0.309. The predicted molar refractivity (Wildman–Crippen MR) is 74.0 cm³/mol. The fraction of sp³-hybridized carbons (Fsp3) is 0.529. The molecule has 2 saturated carbocycles. The quantitative estimate of drug-likeness (QED) is 0.721. The van der Waals surface area contributed by atoms with Crippen LogP contribution in [0.2, 0.25) is 0 Å². The third-order valence-electron chi connectivity index (χ3n) is 4.84. The van der Waals surface area contributed by atoms with Crippen molar-refractivity contribution in [3.05, 3.63) is 35.4 Å². The van der Waals surface area contributed by atoms with E-state index in [0.717, 1.165) is 30.4 Å². The molecule has 0 spiro atoms. The lowest BCUT2D eigenvalue weighted by Crippen LogP contribution is -2.41. The summed E-state index contributed by atoms with van der Waals surface area (Å²) in [6, 6.07) is 7.82. The molecule has 0 amide bonds. The zero-order valence-electron chi connectivity index (χ0n) is 11.4. The zero-order chi connectivity index (χ0) is 13.4. The SMILES string of the molecule is Cc1ccccc1C1C(=O)CC2CCCCC2C1=O. The molecule has 19 heavy (non-hydrogen) atoms. The molecule has 0 N–H and O–H groups in total. The topological polar surface area (TPSA) is 34.1 Å². The normalized spacial score (nSPS) is 31.1. The van der Waals surface area contributed by atoms with Crippen molar-refractivity contribution in [2.75, 3.05) is 0 Å². The van der Waals surface area contributed by atoms with Crippen LogP contribution >= 0.6 is 0 Å². The summed E-state index contributed by atoms with van der Waals surface area (Å²) in [5, 5.41) is 0. The van der Waals surface area contributed by atoms with E-state index in [1.165, 1.54) is 6.42 Å². The van der Waals surface area contributed by atoms with Crippen LogP contribution < -0.4 is 0 Å². The summed E-state index contributed by atoms with van der Waals surface area (Å²) in [6.07, 6.45) is 4.97. The highest BCUT2D eigenvalue weighted by Crippen LogP contribution is 2.42. The maximum Gasteiger partial charge on any atom is 0.151 e. The van der Waals surface area contributed by atoms with Gasteiger partial charge in [-0.1, -0.05) is 37.1 Å². The van der Waals surface area contributed by atoms with E-state index < -0.39 is 5.92 Å². The number of carbonyl (C=O) groups is 2. The summed E-state index contributed by atoms with van der Waals surface area (Å²) in [4.78, 5) is 25.1. The number of benzene rings is 1. The van der Waals surface area contributed by atoms with E-state index in [-0.39, 0.29) is 17.5 Å². The van der Waals surface area contributed by atoms with Gasteiger partial charge in [-0.05, 0) is 36.8 Å². The molecular formula is C17H20O2. The molecule has 2 fully saturated rings. The van der Waals surface area contributed by atoms with E-state index in [0.29, 0.717) is 12.3 Å². The molecule has 0 aromatic heterocycles. The first-order chi connectivity index (χ1) is 9.18. The van der Waals surface area contributed by atoms with Gasteiger partial charge in [0, 0.05) is 12.3 Å². The Morgan fingerprint density at radius 3 is 2.58 bits per heavy atom. The average molecular weight is 256 g/mol. The summed E-state index contributed by atoms with van der Waals surface area (Å²) in [7, 11) is 0. The number of ketones is 2. The van der Waals surface area contributed by atoms with Crippen molar-refractivity contribution in [1.82, 2.24) is 0 Å². The minimum atomic E-state index is -0.486. The van der Waals surface area contributed by atoms with Crippen molar-refractivity contribution >= 4 is 11.6 Å². The first-order valence-electron chi connectivity index (χ1n) is 7.30. The molecule has 3 atom stereocenters. The number of carbonyl (C=O) groups excluding carboxylic acids is 2. The number of hydrogen-bond acceptors (Lipinski definition) is 2. The van der Waals surface area contributed by atoms with Crippen LogP contribution in [0.5, 0.6) is 0 Å². The predicted octanol–water partition coefficient (Wildman–Crippen LogP) is 3.43. The second kappa shape index (κ2) is 4.92. The van der Waals surface area contributed by atoms with E-state index in [4.69, 9.17) is 0 Å². The Kier molecular flexibility index (Phi) is 3.26. The molecule has 3 rings (SSSR count). The lowest BCUT2D eigenvalue weighted by atomic mass is 9.64. The molecule has 2 aliphatic rings. The first-order valence-corrected chi connectivity index (χ1v) is 7.30. The number of rotatable bonds is 1. The smallest absolute Gasteiger partial charge is 0.151 e. The van der Waals surface area contributed by atoms with Crippen molar-refractivity contribution in [3.63, 3.8) is 0 Å². The van der Waals surface area contributed by atoms with Crippen LogP contribution in [0, 0.1) is 18.8 Å². The monoisotopic (exact) mass is 256 g/mol. The molecule has 2 heteroatoms. The summed E-state index contributed by atoms with van der Waals surface area (Å²) >= 11 is 0. The molecule has 0 aliphatic heterocycles. The maximum atomic E-state index is 12.7. The molecule has 1 aromatic carbocycles. The fourth-order valence-corrected chi connectivity index (χ4v) is 3.81. The van der Waals surface area contributed by atoms with Gasteiger partial charge in [-0.15, -0.1) is 0 Å². The number of fused-ring (bicyclic) bond motifs is 1. The molecule has 2 nitrogen and oxygen atoms in total. The Morgan fingerprint density at radius 1 is 1.05 bits per heavy atom. The van der Waals surface area contributed by atoms with Gasteiger partial charge in [0.2, 0.25) is 0 Å². The Bertz CT molecular complexity index is 518. The van der Waals surface area contributed by atoms with Crippen molar-refractivity contribution in [1.29, 1.82) is 0 Å². The molecule has 1 aromatic rings. The third kappa shape index (κ3) is 2.13. The van der Waals surface area contributed by atoms with E-state index in [9.17, 15) is 9.59 Å². The third-order valence-corrected chi connectivity index (χ3v) is 4.84. The Morgan fingerprint density at radius 2 is 1.79 bits per heavy atom. The van der Waals surface area contributed by atoms with Crippen LogP contribution in [0.1, 0.15) is 49.1 Å². The Balaban J connectivity index is 1.95. The Labute approximate surface area is 114 Å². The van der Waals surface area contributed by atoms with Crippen LogP contribution in [-0.2, 0) is 9.59 Å². The molecule has 100 valence electrons. The van der Waals surface area contributed by atoms with Crippen LogP contribution in [-0.4, -0.2) is 11.6 Å². The number of hydrogen-bond donors (Lipinski definition) is 0. The summed E-state index contributed by atoms with van der Waals surface area (Å²) < 4.78 is 0. The Hall–Kier alpha value is -1.44. The van der Waals surface area contributed by atoms with Crippen LogP contribution in [0.15, 0.2) is 24.3 Å². The summed E-state index contributed by atoms with van der Waals surface area (Å²) in [5.41, 5.74) is 1.99. The van der Waals surface area contributed by atoms with Gasteiger partial charge in [-0.25, -0.2) is 0 Å². The number of Topliss-reactive ketones (excluding diaryl/α,β-unsaturated/α-hetero) is 2. The second-order valence-corrected chi connectivity index (χ2v) is 6.01. The maximum absolute atomic E-state index is 12.7. The van der Waals surface area contributed by atoms with Gasteiger partial charge in [0.25, 0.3) is 0 Å². The van der Waals surface area contributed by atoms with Crippen LogP contribution in [0.3, 0.4) is 0 Å². The average Bonchev–Trinajstić information content (AvgIpc) is 2.41. The highest BCUT2D eigenvalue weighted by Gasteiger charge is 2.44. The van der Waals surface area contributed by atoms with E-state index in [1.807, 2.05) is 31.2 Å². The first kappa shape index (κ1) is 12.6. The van der Waals surface area contributed by atoms with Crippen molar-refractivity contribution in [2.24, 2.45) is 11.8 Å². The van der Waals surface area contributed by atoms with Gasteiger partial charge in [0.15, 0.2) is 5.78 Å². The standard InChI is InChI=1S/C17H20O2/c1-11-6-2-4-8-13(11)16-15(18)10-12-7-3-5-9-14(12)17(16)19/h2,4,6,8,12,14,16H,3,5,7,9-10H2,1H3. The van der Waals surface area contributed by atoms with Crippen molar-refractivity contribution in [2.45, 2.75) is 44.9 Å². The lowest BCUT2D eigenvalue weighted by molar-refractivity contribution is -0.139. The molecule has 0 heterocycles. The molecule has 0 radical (unpaired) electrons. The van der Waals surface area contributed by atoms with Crippen molar-refractivity contribution < 1.29 is 9.59 Å². The molecule has 0 bridgehead atoms. The lowest BCUT2D eigenvalue weighted by Gasteiger charge is -2.37. The van der Waals surface area contributed by atoms with E-state index in [1.54, 1.807) is 0 Å². The van der Waals surface area contributed by atoms with Crippen molar-refractivity contribution in [3.8, 4) is 0 Å². The molecule has 0 saturated heterocycles. The largest absolute Gasteiger partial charge is 0.299 e. The van der Waals surface area contributed by atoms with Gasteiger partial charge in [-0.3, -0.25) is 9.59 Å². The molecule has 3 unspecified atom stereocenters. The zero-order valence-corrected chi connectivity index (χ0v) is 11.4. The van der Waals surface area contributed by atoms with Gasteiger partial charge < -0.3 is 0 Å². The fourth-order valence-electron chi connectivity index (χ4n) is 3.81. The number of aryl methyl sites for hydroxylation is 1. The second-order valence-electron chi connectivity index (χ2n) is 6.01. The minimum absolute atomic E-state index is 0.135. The minimum Gasteiger partial charge on any atom is -0.299 e. The molecular weight excluding hydrogens is 236 g/mol. The van der Waals surface area contributed by atoms with E-state index in [2.05, 4.69) is 0 Å². The van der Waals surface area contributed by atoms with Gasteiger partial charge >= 0.3 is 0 Å². The summed E-state index contributed by atoms with van der Waals surface area (Å²) in [6.45, 7) is 1.99.